The van der Waals surface area contributed by atoms with E-state index in [1.54, 1.807) is 6.20 Å². The van der Waals surface area contributed by atoms with Gasteiger partial charge in [0.2, 0.25) is 0 Å². The first-order valence-corrected chi connectivity index (χ1v) is 12.5. The fourth-order valence-electron chi connectivity index (χ4n) is 3.99. The third kappa shape index (κ3) is 5.67. The van der Waals surface area contributed by atoms with E-state index in [2.05, 4.69) is 15.6 Å². The number of anilines is 1. The van der Waals surface area contributed by atoms with Gasteiger partial charge in [-0.15, -0.1) is 0 Å². The molecule has 5 rings (SSSR count). The number of alkyl halides is 3. The highest BCUT2D eigenvalue weighted by atomic mass is 32.2. The van der Waals surface area contributed by atoms with Crippen molar-refractivity contribution < 1.29 is 18.0 Å². The van der Waals surface area contributed by atoms with E-state index < -0.39 is 12.6 Å². The third-order valence-electron chi connectivity index (χ3n) is 5.96. The lowest BCUT2D eigenvalue weighted by Gasteiger charge is -2.13. The molecule has 1 saturated carbocycles. The molecular weight excluding hydrogens is 485 g/mol. The van der Waals surface area contributed by atoms with E-state index in [0.717, 1.165) is 39.5 Å². The lowest BCUT2D eigenvalue weighted by molar-refractivity contribution is -0.131. The molecule has 0 spiro atoms. The van der Waals surface area contributed by atoms with Crippen molar-refractivity contribution in [3.05, 3.63) is 78.1 Å². The molecule has 5 nitrogen and oxygen atoms in total. The number of amides is 1. The van der Waals surface area contributed by atoms with Crippen LogP contribution in [-0.4, -0.2) is 34.1 Å². The summed E-state index contributed by atoms with van der Waals surface area (Å²) in [5.41, 5.74) is 4.21. The largest absolute Gasteiger partial charge is 0.390 e. The number of aryl methyl sites for hydroxylation is 1. The number of hydrogen-bond acceptors (Lipinski definition) is 4. The molecule has 1 fully saturated rings. The van der Waals surface area contributed by atoms with Crippen molar-refractivity contribution >= 4 is 29.0 Å². The first kappa shape index (κ1) is 24.2. The normalized spacial score (nSPS) is 13.7. The molecule has 2 N–H and O–H groups in total. The highest BCUT2D eigenvalue weighted by Crippen LogP contribution is 2.34. The number of rotatable bonds is 8. The maximum absolute atomic E-state index is 12.8. The van der Waals surface area contributed by atoms with E-state index in [-0.39, 0.29) is 18.5 Å². The number of nitrogens with zero attached hydrogens (tertiary/aromatic N) is 2. The molecular formula is C27H25F3N4OS. The van der Waals surface area contributed by atoms with Crippen molar-refractivity contribution in [2.45, 2.75) is 48.2 Å². The first-order chi connectivity index (χ1) is 17.3. The molecule has 4 aromatic rings. The molecule has 0 aliphatic heterocycles. The summed E-state index contributed by atoms with van der Waals surface area (Å²) in [6.45, 7) is 1.65. The number of fused-ring (bicyclic) bond motifs is 1. The predicted molar refractivity (Wildman–Crippen MR) is 136 cm³/mol. The summed E-state index contributed by atoms with van der Waals surface area (Å²) in [4.78, 5) is 18.9. The van der Waals surface area contributed by atoms with Crippen LogP contribution in [0.5, 0.6) is 0 Å². The molecule has 186 valence electrons. The number of nitrogens with one attached hydrogen (secondary N) is 2. The number of hydrogen-bond donors (Lipinski definition) is 2. The number of carbonyl (C=O) groups is 1. The zero-order chi connectivity index (χ0) is 25.3. The Morgan fingerprint density at radius 2 is 1.89 bits per heavy atom. The van der Waals surface area contributed by atoms with Gasteiger partial charge in [-0.05, 0) is 55.7 Å². The minimum absolute atomic E-state index is 0.0719. The van der Waals surface area contributed by atoms with E-state index in [4.69, 9.17) is 0 Å². The lowest BCUT2D eigenvalue weighted by atomic mass is 10.0. The molecule has 36 heavy (non-hydrogen) atoms. The smallest absolute Gasteiger partial charge is 0.382 e. The summed E-state index contributed by atoms with van der Waals surface area (Å²) < 4.78 is 40.2. The lowest BCUT2D eigenvalue weighted by Crippen LogP contribution is -2.26. The molecule has 1 aliphatic rings. The van der Waals surface area contributed by atoms with Gasteiger partial charge in [0.05, 0.1) is 24.0 Å². The molecule has 0 atom stereocenters. The van der Waals surface area contributed by atoms with Crippen LogP contribution in [0.1, 0.15) is 35.2 Å². The molecule has 1 aliphatic carbocycles. The summed E-state index contributed by atoms with van der Waals surface area (Å²) >= 11 is 1.52. The van der Waals surface area contributed by atoms with Gasteiger partial charge in [-0.3, -0.25) is 9.20 Å². The van der Waals surface area contributed by atoms with Gasteiger partial charge >= 0.3 is 6.18 Å². The fraction of sp³-hybridized carbons (Fsp3) is 0.259. The Bertz CT molecular complexity index is 1400. The maximum atomic E-state index is 12.8. The number of halogens is 3. The first-order valence-electron chi connectivity index (χ1n) is 11.7. The summed E-state index contributed by atoms with van der Waals surface area (Å²) in [5.74, 6) is -0.0719. The van der Waals surface area contributed by atoms with Crippen molar-refractivity contribution in [1.29, 1.82) is 0 Å². The molecule has 0 unspecified atom stereocenters. The van der Waals surface area contributed by atoms with E-state index >= 15 is 0 Å². The molecule has 1 amide bonds. The molecule has 9 heteroatoms. The Morgan fingerprint density at radius 1 is 1.11 bits per heavy atom. The van der Waals surface area contributed by atoms with Crippen molar-refractivity contribution in [3.8, 4) is 11.3 Å². The van der Waals surface area contributed by atoms with Gasteiger partial charge in [-0.2, -0.15) is 13.2 Å². The van der Waals surface area contributed by atoms with Gasteiger partial charge in [0.25, 0.3) is 5.91 Å². The Morgan fingerprint density at radius 3 is 2.58 bits per heavy atom. The van der Waals surface area contributed by atoms with Gasteiger partial charge < -0.3 is 10.6 Å². The van der Waals surface area contributed by atoms with Crippen molar-refractivity contribution in [2.75, 3.05) is 11.9 Å². The Kier molecular flexibility index (Phi) is 6.66. The monoisotopic (exact) mass is 510 g/mol. The highest BCUT2D eigenvalue weighted by molar-refractivity contribution is 7.99. The maximum Gasteiger partial charge on any atom is 0.390 e. The van der Waals surface area contributed by atoms with Crippen LogP contribution in [0, 0.1) is 6.92 Å². The zero-order valence-corrected chi connectivity index (χ0v) is 20.4. The predicted octanol–water partition coefficient (Wildman–Crippen LogP) is 6.72. The zero-order valence-electron chi connectivity index (χ0n) is 19.6. The van der Waals surface area contributed by atoms with Crippen molar-refractivity contribution in [2.24, 2.45) is 0 Å². The molecule has 0 radical (unpaired) electrons. The van der Waals surface area contributed by atoms with E-state index in [0.29, 0.717) is 16.9 Å². The van der Waals surface area contributed by atoms with Crippen LogP contribution in [0.25, 0.3) is 16.9 Å². The van der Waals surface area contributed by atoms with Crippen molar-refractivity contribution in [1.82, 2.24) is 14.7 Å². The number of pyridine rings is 1. The van der Waals surface area contributed by atoms with Crippen LogP contribution in [0.3, 0.4) is 0 Å². The van der Waals surface area contributed by atoms with E-state index in [1.165, 1.54) is 11.8 Å². The standard InChI is InChI=1S/C27H25F3N4OS/c1-17-13-18(7-10-22(17)26(35)33-19-8-9-19)24-15-32-25-23(31-12-11-27(28,29)30)14-21(16-34(24)25)36-20-5-3-2-4-6-20/h2-7,10,13-16,19,31H,8-9,11-12H2,1H3,(H,33,35). The second-order valence-electron chi connectivity index (χ2n) is 8.91. The van der Waals surface area contributed by atoms with Crippen LogP contribution in [0.4, 0.5) is 18.9 Å². The summed E-state index contributed by atoms with van der Waals surface area (Å²) in [7, 11) is 0. The van der Waals surface area contributed by atoms with Gasteiger partial charge in [-0.1, -0.05) is 36.0 Å². The minimum Gasteiger partial charge on any atom is -0.382 e. The third-order valence-corrected chi connectivity index (χ3v) is 6.93. The summed E-state index contributed by atoms with van der Waals surface area (Å²) in [6.07, 6.45) is 0.506. The van der Waals surface area contributed by atoms with E-state index in [1.807, 2.05) is 72.1 Å². The molecule has 2 aromatic carbocycles. The van der Waals surface area contributed by atoms with Gasteiger partial charge in [0.15, 0.2) is 5.65 Å². The molecule has 0 saturated heterocycles. The summed E-state index contributed by atoms with van der Waals surface area (Å²) in [5, 5.41) is 5.94. The Hall–Kier alpha value is -3.46. The average molecular weight is 511 g/mol. The van der Waals surface area contributed by atoms with Crippen LogP contribution < -0.4 is 10.6 Å². The second-order valence-corrected chi connectivity index (χ2v) is 10.1. The van der Waals surface area contributed by atoms with Crippen molar-refractivity contribution in [3.63, 3.8) is 0 Å². The number of imidazole rings is 1. The second kappa shape index (κ2) is 9.89. The topological polar surface area (TPSA) is 58.4 Å². The van der Waals surface area contributed by atoms with E-state index in [9.17, 15) is 18.0 Å². The van der Waals surface area contributed by atoms with Crippen LogP contribution in [-0.2, 0) is 0 Å². The summed E-state index contributed by atoms with van der Waals surface area (Å²) in [6, 6.07) is 17.5. The highest BCUT2D eigenvalue weighted by Gasteiger charge is 2.27. The SMILES string of the molecule is Cc1cc(-c2cnc3c(NCCC(F)(F)F)cc(Sc4ccccc4)cn23)ccc1C(=O)NC1CC1. The molecule has 2 aromatic heterocycles. The number of aromatic nitrogens is 2. The average Bonchev–Trinajstić information content (AvgIpc) is 3.54. The fourth-order valence-corrected chi connectivity index (χ4v) is 4.89. The van der Waals surface area contributed by atoms with Gasteiger partial charge in [0.1, 0.15) is 0 Å². The molecule has 0 bridgehead atoms. The number of benzene rings is 2. The van der Waals surface area contributed by atoms with Crippen LogP contribution in [0.2, 0.25) is 0 Å². The molecule has 2 heterocycles. The van der Waals surface area contributed by atoms with Crippen LogP contribution >= 0.6 is 11.8 Å². The Balaban J connectivity index is 1.50. The quantitative estimate of drug-likeness (QED) is 0.276. The Labute approximate surface area is 211 Å². The minimum atomic E-state index is -4.24. The van der Waals surface area contributed by atoms with Gasteiger partial charge in [0, 0.05) is 39.7 Å². The number of carbonyl (C=O) groups excluding carboxylic acids is 1. The van der Waals surface area contributed by atoms with Crippen LogP contribution in [0.15, 0.2) is 76.8 Å². The van der Waals surface area contributed by atoms with Gasteiger partial charge in [-0.25, -0.2) is 4.98 Å².